The van der Waals surface area contributed by atoms with Crippen molar-refractivity contribution < 1.29 is 9.59 Å². The van der Waals surface area contributed by atoms with E-state index in [4.69, 9.17) is 34.8 Å². The molecule has 6 heteroatoms. The third-order valence-electron chi connectivity index (χ3n) is 3.70. The van der Waals surface area contributed by atoms with Crippen molar-refractivity contribution in [2.75, 3.05) is 0 Å². The number of carbonyl (C=O) groups excluding carboxylic acids is 2. The molecule has 0 aliphatic rings. The molecule has 0 spiro atoms. The van der Waals surface area contributed by atoms with Crippen LogP contribution in [0.2, 0.25) is 15.1 Å². The van der Waals surface area contributed by atoms with Gasteiger partial charge in [0, 0.05) is 34.3 Å². The molecule has 0 amide bonds. The third kappa shape index (κ3) is 3.64. The molecule has 122 valence electrons. The van der Waals surface area contributed by atoms with Crippen molar-refractivity contribution >= 4 is 57.3 Å². The van der Waals surface area contributed by atoms with E-state index in [1.54, 1.807) is 30.3 Å². The summed E-state index contributed by atoms with van der Waals surface area (Å²) in [6.45, 7) is 0. The predicted molar refractivity (Wildman–Crippen MR) is 97.7 cm³/mol. The lowest BCUT2D eigenvalue weighted by molar-refractivity contribution is 0.0915. The minimum atomic E-state index is -0.152. The van der Waals surface area contributed by atoms with Gasteiger partial charge in [-0.25, -0.2) is 0 Å². The molecule has 3 nitrogen and oxygen atoms in total. The third-order valence-corrected chi connectivity index (χ3v) is 4.68. The Bertz CT molecular complexity index is 947. The van der Waals surface area contributed by atoms with E-state index >= 15 is 0 Å². The average molecular weight is 381 g/mol. The maximum atomic E-state index is 12.3. The summed E-state index contributed by atoms with van der Waals surface area (Å²) in [6, 6.07) is 11.8. The van der Waals surface area contributed by atoms with Gasteiger partial charge in [0.25, 0.3) is 0 Å². The van der Waals surface area contributed by atoms with Gasteiger partial charge in [-0.05, 0) is 42.5 Å². The minimum Gasteiger partial charge on any atom is -0.352 e. The summed E-state index contributed by atoms with van der Waals surface area (Å²) < 4.78 is 0. The van der Waals surface area contributed by atoms with Gasteiger partial charge in [-0.2, -0.15) is 0 Å². The summed E-state index contributed by atoms with van der Waals surface area (Å²) in [5.41, 5.74) is 1.74. The van der Waals surface area contributed by atoms with Crippen LogP contribution in [0, 0.1) is 0 Å². The number of aromatic nitrogens is 1. The van der Waals surface area contributed by atoms with Gasteiger partial charge in [-0.1, -0.05) is 34.8 Å². The van der Waals surface area contributed by atoms with Crippen molar-refractivity contribution in [2.24, 2.45) is 0 Å². The molecule has 0 saturated carbocycles. The molecule has 0 saturated heterocycles. The Hall–Kier alpha value is -1.81. The number of benzene rings is 2. The van der Waals surface area contributed by atoms with Gasteiger partial charge in [0.2, 0.25) is 0 Å². The first kappa shape index (κ1) is 17.0. The molecule has 24 heavy (non-hydrogen) atoms. The maximum Gasteiger partial charge on any atom is 0.179 e. The molecular weight excluding hydrogens is 369 g/mol. The lowest BCUT2D eigenvalue weighted by Gasteiger charge is -2.02. The summed E-state index contributed by atoms with van der Waals surface area (Å²) in [4.78, 5) is 27.5. The molecule has 0 radical (unpaired) electrons. The summed E-state index contributed by atoms with van der Waals surface area (Å²) >= 11 is 17.7. The summed E-state index contributed by atoms with van der Waals surface area (Å²) in [5, 5.41) is 2.18. The number of aromatic amines is 1. The molecule has 1 heterocycles. The fourth-order valence-electron chi connectivity index (χ4n) is 2.43. The lowest BCUT2D eigenvalue weighted by Crippen LogP contribution is -2.05. The number of Topliss-reactive ketones (excluding diaryl/α,β-unsaturated/α-hetero) is 2. The Morgan fingerprint density at radius 2 is 1.58 bits per heavy atom. The first-order chi connectivity index (χ1) is 11.4. The van der Waals surface area contributed by atoms with Crippen molar-refractivity contribution in [1.82, 2.24) is 4.98 Å². The molecule has 0 aliphatic carbocycles. The van der Waals surface area contributed by atoms with Gasteiger partial charge in [-0.3, -0.25) is 9.59 Å². The monoisotopic (exact) mass is 379 g/mol. The van der Waals surface area contributed by atoms with Gasteiger partial charge >= 0.3 is 0 Å². The van der Waals surface area contributed by atoms with Gasteiger partial charge in [0.1, 0.15) is 0 Å². The van der Waals surface area contributed by atoms with Crippen LogP contribution in [0.1, 0.15) is 33.7 Å². The van der Waals surface area contributed by atoms with Crippen LogP contribution in [0.4, 0.5) is 0 Å². The highest BCUT2D eigenvalue weighted by Gasteiger charge is 2.14. The van der Waals surface area contributed by atoms with Gasteiger partial charge in [-0.15, -0.1) is 0 Å². The van der Waals surface area contributed by atoms with Crippen LogP contribution in [0.25, 0.3) is 10.9 Å². The van der Waals surface area contributed by atoms with E-state index in [1.165, 1.54) is 6.07 Å². The summed E-state index contributed by atoms with van der Waals surface area (Å²) in [5.74, 6) is -0.281. The standard InChI is InChI=1S/C18H12Cl3NO2/c19-12-2-4-15-11(7-12)9-16(22-15)18(24)6-5-17(23)10-1-3-13(20)14(21)8-10/h1-4,7-9,22H,5-6H2. The van der Waals surface area contributed by atoms with Crippen molar-refractivity contribution in [3.8, 4) is 0 Å². The van der Waals surface area contributed by atoms with Gasteiger partial charge in [0.15, 0.2) is 11.6 Å². The quantitative estimate of drug-likeness (QED) is 0.554. The molecule has 2 aromatic carbocycles. The number of halogens is 3. The maximum absolute atomic E-state index is 12.3. The first-order valence-corrected chi connectivity index (χ1v) is 8.37. The van der Waals surface area contributed by atoms with E-state index in [-0.39, 0.29) is 24.4 Å². The van der Waals surface area contributed by atoms with Crippen LogP contribution in [-0.2, 0) is 0 Å². The van der Waals surface area contributed by atoms with Crippen LogP contribution >= 0.6 is 34.8 Å². The molecule has 0 fully saturated rings. The fourth-order valence-corrected chi connectivity index (χ4v) is 2.91. The highest BCUT2D eigenvalue weighted by molar-refractivity contribution is 6.42. The number of H-pyrrole nitrogens is 1. The van der Waals surface area contributed by atoms with Crippen molar-refractivity contribution in [1.29, 1.82) is 0 Å². The van der Waals surface area contributed by atoms with Crippen LogP contribution in [0.3, 0.4) is 0 Å². The molecule has 0 atom stereocenters. The molecule has 1 N–H and O–H groups in total. The zero-order valence-corrected chi connectivity index (χ0v) is 14.7. The molecular formula is C18H12Cl3NO2. The Morgan fingerprint density at radius 3 is 2.33 bits per heavy atom. The van der Waals surface area contributed by atoms with E-state index in [9.17, 15) is 9.59 Å². The Balaban J connectivity index is 1.69. The normalized spacial score (nSPS) is 11.0. The van der Waals surface area contributed by atoms with Crippen LogP contribution in [0.15, 0.2) is 42.5 Å². The second-order valence-corrected chi connectivity index (χ2v) is 6.64. The molecule has 0 unspecified atom stereocenters. The van der Waals surface area contributed by atoms with Crippen molar-refractivity contribution in [3.63, 3.8) is 0 Å². The van der Waals surface area contributed by atoms with Crippen molar-refractivity contribution in [2.45, 2.75) is 12.8 Å². The number of rotatable bonds is 5. The van der Waals surface area contributed by atoms with Crippen LogP contribution in [0.5, 0.6) is 0 Å². The summed E-state index contributed by atoms with van der Waals surface area (Å²) in [7, 11) is 0. The lowest BCUT2D eigenvalue weighted by atomic mass is 10.0. The molecule has 3 aromatic rings. The van der Waals surface area contributed by atoms with E-state index in [0.29, 0.717) is 26.3 Å². The molecule has 0 bridgehead atoms. The highest BCUT2D eigenvalue weighted by Crippen LogP contribution is 2.24. The summed E-state index contributed by atoms with van der Waals surface area (Å²) in [6.07, 6.45) is 0.215. The van der Waals surface area contributed by atoms with Crippen molar-refractivity contribution in [3.05, 3.63) is 68.8 Å². The predicted octanol–water partition coefficient (Wildman–Crippen LogP) is 5.97. The highest BCUT2D eigenvalue weighted by atomic mass is 35.5. The number of ketones is 2. The number of fused-ring (bicyclic) bond motifs is 1. The molecule has 3 rings (SSSR count). The molecule has 1 aromatic heterocycles. The second-order valence-electron chi connectivity index (χ2n) is 5.39. The number of carbonyl (C=O) groups is 2. The zero-order chi connectivity index (χ0) is 17.3. The first-order valence-electron chi connectivity index (χ1n) is 7.24. The zero-order valence-electron chi connectivity index (χ0n) is 12.4. The number of hydrogen-bond donors (Lipinski definition) is 1. The van der Waals surface area contributed by atoms with E-state index < -0.39 is 0 Å². The van der Waals surface area contributed by atoms with Gasteiger partial charge < -0.3 is 4.98 Å². The molecule has 0 aliphatic heterocycles. The van der Waals surface area contributed by atoms with Crippen LogP contribution < -0.4 is 0 Å². The SMILES string of the molecule is O=C(CCC(=O)c1cc2cc(Cl)ccc2[nH]1)c1ccc(Cl)c(Cl)c1. The fraction of sp³-hybridized carbons (Fsp3) is 0.111. The Morgan fingerprint density at radius 1 is 0.833 bits per heavy atom. The number of nitrogens with one attached hydrogen (secondary N) is 1. The van der Waals surface area contributed by atoms with Gasteiger partial charge in [0.05, 0.1) is 15.7 Å². The largest absolute Gasteiger partial charge is 0.352 e. The topological polar surface area (TPSA) is 49.9 Å². The Kier molecular flexibility index (Phi) is 4.95. The van der Waals surface area contributed by atoms with E-state index in [1.807, 2.05) is 6.07 Å². The minimum absolute atomic E-state index is 0.104. The van der Waals surface area contributed by atoms with Crippen LogP contribution in [-0.4, -0.2) is 16.6 Å². The smallest absolute Gasteiger partial charge is 0.179 e. The Labute approximate surface area is 153 Å². The average Bonchev–Trinajstić information content (AvgIpc) is 2.98. The van der Waals surface area contributed by atoms with E-state index in [2.05, 4.69) is 4.98 Å². The second kappa shape index (κ2) is 6.98. The van der Waals surface area contributed by atoms with E-state index in [0.717, 1.165) is 10.9 Å². The number of hydrogen-bond acceptors (Lipinski definition) is 2.